The van der Waals surface area contributed by atoms with Gasteiger partial charge in [-0.2, -0.15) is 0 Å². The predicted molar refractivity (Wildman–Crippen MR) is 60.5 cm³/mol. The maximum Gasteiger partial charge on any atom is 0.0897 e. The molecule has 0 bridgehead atoms. The molecule has 1 fully saturated rings. The Morgan fingerprint density at radius 2 is 2.33 bits per heavy atom. The minimum absolute atomic E-state index is 0.236. The van der Waals surface area contributed by atoms with Crippen molar-refractivity contribution in [1.29, 1.82) is 0 Å². The second-order valence-corrected chi connectivity index (χ2v) is 5.14. The molecule has 5 heteroatoms. The van der Waals surface area contributed by atoms with Gasteiger partial charge in [0, 0.05) is 24.3 Å². The summed E-state index contributed by atoms with van der Waals surface area (Å²) in [6.07, 6.45) is 4.08. The third-order valence-corrected chi connectivity index (χ3v) is 3.86. The van der Waals surface area contributed by atoms with Crippen LogP contribution in [0.4, 0.5) is 0 Å². The van der Waals surface area contributed by atoms with Crippen molar-refractivity contribution in [2.75, 3.05) is 13.2 Å². The topological polar surface area (TPSA) is 60.2 Å². The van der Waals surface area contributed by atoms with Crippen LogP contribution in [0.2, 0.25) is 0 Å². The van der Waals surface area contributed by atoms with Crippen molar-refractivity contribution in [3.05, 3.63) is 16.1 Å². The zero-order valence-corrected chi connectivity index (χ0v) is 9.72. The molecule has 2 heterocycles. The largest absolute Gasteiger partial charge is 0.381 e. The molecule has 3 N–H and O–H groups in total. The number of thiazole rings is 1. The van der Waals surface area contributed by atoms with E-state index in [0.29, 0.717) is 5.92 Å². The van der Waals surface area contributed by atoms with Crippen LogP contribution < -0.4 is 11.3 Å². The van der Waals surface area contributed by atoms with E-state index in [0.717, 1.165) is 31.1 Å². The Balaban J connectivity index is 2.08. The molecule has 15 heavy (non-hydrogen) atoms. The van der Waals surface area contributed by atoms with Gasteiger partial charge in [0.2, 0.25) is 0 Å². The van der Waals surface area contributed by atoms with Gasteiger partial charge >= 0.3 is 0 Å². The Bertz CT molecular complexity index is 309. The molecule has 1 aliphatic heterocycles. The Morgan fingerprint density at radius 1 is 1.60 bits per heavy atom. The van der Waals surface area contributed by atoms with E-state index in [4.69, 9.17) is 10.6 Å². The molecule has 0 saturated carbocycles. The van der Waals surface area contributed by atoms with Gasteiger partial charge in [0.25, 0.3) is 0 Å². The van der Waals surface area contributed by atoms with E-state index >= 15 is 0 Å². The third-order valence-electron chi connectivity index (χ3n) is 2.86. The number of nitrogens with zero attached hydrogens (tertiary/aromatic N) is 1. The second-order valence-electron chi connectivity index (χ2n) is 3.88. The van der Waals surface area contributed by atoms with Gasteiger partial charge in [-0.1, -0.05) is 0 Å². The van der Waals surface area contributed by atoms with Gasteiger partial charge in [-0.05, 0) is 25.7 Å². The number of hydrazine groups is 1. The fraction of sp³-hybridized carbons (Fsp3) is 0.700. The molecule has 0 aliphatic carbocycles. The number of ether oxygens (including phenoxy) is 1. The second kappa shape index (κ2) is 5.03. The van der Waals surface area contributed by atoms with E-state index in [1.54, 1.807) is 11.3 Å². The van der Waals surface area contributed by atoms with Crippen LogP contribution in [-0.4, -0.2) is 18.2 Å². The van der Waals surface area contributed by atoms with Crippen molar-refractivity contribution in [1.82, 2.24) is 10.4 Å². The SMILES string of the molecule is Cc1ncc(C(NN)C2CCOCC2)s1. The van der Waals surface area contributed by atoms with Gasteiger partial charge < -0.3 is 4.74 Å². The molecule has 1 aromatic rings. The molecular weight excluding hydrogens is 210 g/mol. The minimum Gasteiger partial charge on any atom is -0.381 e. The highest BCUT2D eigenvalue weighted by atomic mass is 32.1. The lowest BCUT2D eigenvalue weighted by Gasteiger charge is -2.28. The quantitative estimate of drug-likeness (QED) is 0.605. The molecule has 1 unspecified atom stereocenters. The van der Waals surface area contributed by atoms with Gasteiger partial charge in [-0.25, -0.2) is 4.98 Å². The summed E-state index contributed by atoms with van der Waals surface area (Å²) in [5.74, 6) is 6.21. The molecule has 84 valence electrons. The highest BCUT2D eigenvalue weighted by Gasteiger charge is 2.25. The Kier molecular flexibility index (Phi) is 3.69. The van der Waals surface area contributed by atoms with Crippen LogP contribution in [0.1, 0.15) is 28.8 Å². The molecule has 0 radical (unpaired) electrons. The smallest absolute Gasteiger partial charge is 0.0897 e. The van der Waals surface area contributed by atoms with Crippen molar-refractivity contribution in [3.63, 3.8) is 0 Å². The van der Waals surface area contributed by atoms with Crippen LogP contribution in [0.5, 0.6) is 0 Å². The van der Waals surface area contributed by atoms with Crippen molar-refractivity contribution < 1.29 is 4.74 Å². The van der Waals surface area contributed by atoms with E-state index in [9.17, 15) is 0 Å². The van der Waals surface area contributed by atoms with Gasteiger partial charge in [-0.15, -0.1) is 11.3 Å². The molecule has 0 amide bonds. The van der Waals surface area contributed by atoms with Gasteiger partial charge in [0.15, 0.2) is 0 Å². The maximum atomic E-state index is 5.63. The average Bonchev–Trinajstić information content (AvgIpc) is 2.68. The number of nitrogens with one attached hydrogen (secondary N) is 1. The van der Waals surface area contributed by atoms with Crippen molar-refractivity contribution >= 4 is 11.3 Å². The summed E-state index contributed by atoms with van der Waals surface area (Å²) in [4.78, 5) is 5.51. The lowest BCUT2D eigenvalue weighted by Crippen LogP contribution is -2.35. The summed E-state index contributed by atoms with van der Waals surface area (Å²) in [7, 11) is 0. The first kappa shape index (κ1) is 11.0. The average molecular weight is 227 g/mol. The first-order chi connectivity index (χ1) is 7.31. The Morgan fingerprint density at radius 3 is 2.87 bits per heavy atom. The van der Waals surface area contributed by atoms with E-state index in [2.05, 4.69) is 10.4 Å². The van der Waals surface area contributed by atoms with Crippen LogP contribution in [0.3, 0.4) is 0 Å². The van der Waals surface area contributed by atoms with Gasteiger partial charge in [-0.3, -0.25) is 11.3 Å². The van der Waals surface area contributed by atoms with Crippen LogP contribution in [-0.2, 0) is 4.74 Å². The fourth-order valence-electron chi connectivity index (χ4n) is 2.02. The Labute approximate surface area is 93.8 Å². The number of hydrogen-bond acceptors (Lipinski definition) is 5. The van der Waals surface area contributed by atoms with E-state index in [1.165, 1.54) is 4.88 Å². The Hall–Kier alpha value is -0.490. The molecule has 1 aliphatic rings. The van der Waals surface area contributed by atoms with E-state index < -0.39 is 0 Å². The molecular formula is C10H17N3OS. The summed E-state index contributed by atoms with van der Waals surface area (Å²) in [5, 5.41) is 1.09. The number of rotatable bonds is 3. The van der Waals surface area contributed by atoms with Crippen molar-refractivity contribution in [2.45, 2.75) is 25.8 Å². The first-order valence-electron chi connectivity index (χ1n) is 5.27. The maximum absolute atomic E-state index is 5.63. The van der Waals surface area contributed by atoms with E-state index in [-0.39, 0.29) is 6.04 Å². The summed E-state index contributed by atoms with van der Waals surface area (Å²) in [5.41, 5.74) is 2.92. The summed E-state index contributed by atoms with van der Waals surface area (Å²) in [6.45, 7) is 3.72. The fourth-order valence-corrected chi connectivity index (χ4v) is 2.96. The van der Waals surface area contributed by atoms with Crippen molar-refractivity contribution in [2.24, 2.45) is 11.8 Å². The summed E-state index contributed by atoms with van der Waals surface area (Å²) >= 11 is 1.72. The molecule has 4 nitrogen and oxygen atoms in total. The van der Waals surface area contributed by atoms with Crippen LogP contribution in [0.15, 0.2) is 6.20 Å². The monoisotopic (exact) mass is 227 g/mol. The first-order valence-corrected chi connectivity index (χ1v) is 6.09. The highest BCUT2D eigenvalue weighted by molar-refractivity contribution is 7.11. The van der Waals surface area contributed by atoms with Gasteiger partial charge in [0.1, 0.15) is 0 Å². The zero-order chi connectivity index (χ0) is 10.7. The van der Waals surface area contributed by atoms with E-state index in [1.807, 2.05) is 13.1 Å². The molecule has 1 saturated heterocycles. The predicted octanol–water partition coefficient (Wildman–Crippen LogP) is 1.38. The molecule has 0 spiro atoms. The van der Waals surface area contributed by atoms with Crippen LogP contribution in [0.25, 0.3) is 0 Å². The number of aromatic nitrogens is 1. The molecule has 1 aromatic heterocycles. The third kappa shape index (κ3) is 2.55. The highest BCUT2D eigenvalue weighted by Crippen LogP contribution is 2.32. The number of aryl methyl sites for hydroxylation is 1. The normalized spacial score (nSPS) is 20.4. The zero-order valence-electron chi connectivity index (χ0n) is 8.90. The molecule has 0 aromatic carbocycles. The lowest BCUT2D eigenvalue weighted by molar-refractivity contribution is 0.0540. The summed E-state index contributed by atoms with van der Waals surface area (Å²) in [6, 6.07) is 0.236. The molecule has 2 rings (SSSR count). The lowest BCUT2D eigenvalue weighted by atomic mass is 9.91. The number of hydrogen-bond donors (Lipinski definition) is 2. The van der Waals surface area contributed by atoms with Crippen molar-refractivity contribution in [3.8, 4) is 0 Å². The minimum atomic E-state index is 0.236. The van der Waals surface area contributed by atoms with Gasteiger partial charge in [0.05, 0.1) is 11.0 Å². The van der Waals surface area contributed by atoms with Crippen LogP contribution in [0, 0.1) is 12.8 Å². The standard InChI is InChI=1S/C10H17N3OS/c1-7-12-6-9(15-7)10(13-11)8-2-4-14-5-3-8/h6,8,10,13H,2-5,11H2,1H3. The number of nitrogens with two attached hydrogens (primary N) is 1. The summed E-state index contributed by atoms with van der Waals surface area (Å²) < 4.78 is 5.35. The molecule has 1 atom stereocenters. The van der Waals surface area contributed by atoms with Crippen LogP contribution >= 0.6 is 11.3 Å².